The first-order valence-electron chi connectivity index (χ1n) is 9.26. The number of nitrogens with zero attached hydrogens (tertiary/aromatic N) is 4. The Morgan fingerprint density at radius 3 is 2.71 bits per heavy atom. The number of anilines is 1. The molecular formula is C17H19B3N6O5. The third-order valence-corrected chi connectivity index (χ3v) is 5.20. The highest BCUT2D eigenvalue weighted by Gasteiger charge is 2.62. The molecule has 156 valence electrons. The number of rotatable bonds is 5. The van der Waals surface area contributed by atoms with Crippen LogP contribution in [0.1, 0.15) is 19.5 Å². The molecule has 0 amide bonds. The summed E-state index contributed by atoms with van der Waals surface area (Å²) < 4.78 is 12.1. The van der Waals surface area contributed by atoms with Crippen LogP contribution in [0.4, 0.5) is 5.82 Å². The fourth-order valence-corrected chi connectivity index (χ4v) is 3.43. The first-order valence-corrected chi connectivity index (χ1v) is 9.26. The van der Waals surface area contributed by atoms with E-state index in [4.69, 9.17) is 44.5 Å². The van der Waals surface area contributed by atoms with E-state index in [-0.39, 0.29) is 28.4 Å². The van der Waals surface area contributed by atoms with E-state index in [1.807, 2.05) is 6.07 Å². The van der Waals surface area contributed by atoms with Crippen molar-refractivity contribution in [2.24, 2.45) is 11.7 Å². The van der Waals surface area contributed by atoms with Gasteiger partial charge in [-0.1, -0.05) is 19.3 Å². The summed E-state index contributed by atoms with van der Waals surface area (Å²) in [4.78, 5) is 16.3. The van der Waals surface area contributed by atoms with Gasteiger partial charge in [0.15, 0.2) is 11.9 Å². The van der Waals surface area contributed by atoms with Gasteiger partial charge in [-0.25, -0.2) is 9.50 Å². The van der Waals surface area contributed by atoms with Crippen LogP contribution in [0.5, 0.6) is 0 Å². The molecule has 1 aliphatic heterocycles. The number of carbonyl (C=O) groups excluding carboxylic acids is 1. The Balaban J connectivity index is 2.13. The molecule has 2 aromatic heterocycles. The number of aliphatic hydroxyl groups is 2. The van der Waals surface area contributed by atoms with E-state index in [0.29, 0.717) is 0 Å². The minimum Gasteiger partial charge on any atom is -0.455 e. The monoisotopic (exact) mass is 420 g/mol. The maximum Gasteiger partial charge on any atom is 0.323 e. The molecule has 1 aliphatic rings. The molecule has 1 saturated heterocycles. The predicted octanol–water partition coefficient (Wildman–Crippen LogP) is -3.54. The van der Waals surface area contributed by atoms with Crippen molar-refractivity contribution >= 4 is 46.3 Å². The first-order chi connectivity index (χ1) is 14.3. The van der Waals surface area contributed by atoms with Crippen LogP contribution in [-0.4, -0.2) is 84.1 Å². The van der Waals surface area contributed by atoms with Crippen molar-refractivity contribution in [3.63, 3.8) is 0 Å². The second kappa shape index (κ2) is 7.83. The molecule has 1 unspecified atom stereocenters. The molecule has 2 aromatic rings. The number of hydrogen-bond acceptors (Lipinski definition) is 10. The molecule has 5 atom stereocenters. The second-order valence-corrected chi connectivity index (χ2v) is 7.78. The van der Waals surface area contributed by atoms with Gasteiger partial charge in [-0.2, -0.15) is 10.4 Å². The molecule has 3 rings (SSSR count). The number of aromatic nitrogens is 3. The summed E-state index contributed by atoms with van der Waals surface area (Å²) >= 11 is 0. The van der Waals surface area contributed by atoms with Gasteiger partial charge in [0.05, 0.1) is 5.69 Å². The fraction of sp³-hybridized carbons (Fsp3) is 0.529. The largest absolute Gasteiger partial charge is 0.455 e. The molecular weight excluding hydrogens is 401 g/mol. The number of carbonyl (C=O) groups is 1. The number of nitrogen functional groups attached to an aromatic ring is 1. The van der Waals surface area contributed by atoms with Crippen LogP contribution in [0.25, 0.3) is 5.52 Å². The van der Waals surface area contributed by atoms with Crippen molar-refractivity contribution in [2.75, 3.05) is 5.73 Å². The molecule has 6 radical (unpaired) electrons. The summed E-state index contributed by atoms with van der Waals surface area (Å²) in [6, 6.07) is 2.07. The molecule has 3 heterocycles. The number of fused-ring (bicyclic) bond motifs is 1. The smallest absolute Gasteiger partial charge is 0.323 e. The summed E-state index contributed by atoms with van der Waals surface area (Å²) in [6.45, 7) is 3.37. The van der Waals surface area contributed by atoms with E-state index in [1.54, 1.807) is 13.8 Å². The molecule has 1 fully saturated rings. The number of esters is 1. The minimum absolute atomic E-state index is 0.0101. The maximum atomic E-state index is 12.4. The zero-order valence-corrected chi connectivity index (χ0v) is 16.8. The third-order valence-electron chi connectivity index (χ3n) is 5.20. The molecule has 0 aromatic carbocycles. The molecule has 0 bridgehead atoms. The van der Waals surface area contributed by atoms with Gasteiger partial charge in [-0.15, -0.1) is 0 Å². The average molecular weight is 420 g/mol. The number of aliphatic hydroxyl groups excluding tert-OH is 1. The molecule has 0 aliphatic carbocycles. The van der Waals surface area contributed by atoms with E-state index < -0.39 is 41.3 Å². The third kappa shape index (κ3) is 3.67. The summed E-state index contributed by atoms with van der Waals surface area (Å²) in [7, 11) is 17.2. The van der Waals surface area contributed by atoms with Crippen molar-refractivity contribution in [1.29, 1.82) is 5.26 Å². The Morgan fingerprint density at radius 1 is 1.52 bits per heavy atom. The van der Waals surface area contributed by atoms with E-state index in [0.717, 1.165) is 10.8 Å². The molecule has 6 N–H and O–H groups in total. The second-order valence-electron chi connectivity index (χ2n) is 7.78. The topological polar surface area (TPSA) is 182 Å². The summed E-state index contributed by atoms with van der Waals surface area (Å²) in [6.07, 6.45) is -4.12. The Kier molecular flexibility index (Phi) is 5.83. The quantitative estimate of drug-likeness (QED) is 0.280. The van der Waals surface area contributed by atoms with Crippen molar-refractivity contribution in [1.82, 2.24) is 14.6 Å². The zero-order chi connectivity index (χ0) is 23.3. The van der Waals surface area contributed by atoms with Crippen LogP contribution in [0.15, 0.2) is 12.4 Å². The van der Waals surface area contributed by atoms with Crippen molar-refractivity contribution in [2.45, 2.75) is 49.2 Å². The van der Waals surface area contributed by atoms with Crippen LogP contribution >= 0.6 is 0 Å². The average Bonchev–Trinajstić information content (AvgIpc) is 3.17. The lowest BCUT2D eigenvalue weighted by molar-refractivity contribution is -0.161. The molecule has 14 heteroatoms. The molecule has 11 nitrogen and oxygen atoms in total. The highest BCUT2D eigenvalue weighted by atomic mass is 16.6. The van der Waals surface area contributed by atoms with E-state index in [1.165, 1.54) is 6.07 Å². The number of nitriles is 1. The Morgan fingerprint density at radius 2 is 2.16 bits per heavy atom. The predicted molar refractivity (Wildman–Crippen MR) is 110 cm³/mol. The lowest BCUT2D eigenvalue weighted by atomic mass is 9.61. The van der Waals surface area contributed by atoms with Crippen LogP contribution < -0.4 is 16.9 Å². The van der Waals surface area contributed by atoms with Gasteiger partial charge in [0, 0.05) is 5.40 Å². The maximum absolute atomic E-state index is 12.4. The van der Waals surface area contributed by atoms with Crippen LogP contribution in [0.3, 0.4) is 0 Å². The fourth-order valence-electron chi connectivity index (χ4n) is 3.43. The Bertz CT molecular complexity index is 1050. The highest BCUT2D eigenvalue weighted by molar-refractivity contribution is 6.39. The molecule has 0 saturated carbocycles. The van der Waals surface area contributed by atoms with Crippen LogP contribution in [0.2, 0.25) is 0 Å². The standard InChI is InChI=1S/C17H19B3N6O5/c1-6(2)9(22)15(28)30-11-12(27)16(4-21,31-13(11)17(19,20)29)8-3-7(18)10-14(23)24-5-25-26(8)10/h3,5-6,9,11-13,27,29H,22H2,1-2H3,(H2,23,24,25)/t9-,11-,12+,13?,16-/m0/s1. The van der Waals surface area contributed by atoms with Crippen LogP contribution in [0, 0.1) is 17.2 Å². The lowest BCUT2D eigenvalue weighted by Crippen LogP contribution is -2.53. The van der Waals surface area contributed by atoms with Gasteiger partial charge in [-0.3, -0.25) is 4.79 Å². The molecule has 0 spiro atoms. The van der Waals surface area contributed by atoms with Gasteiger partial charge < -0.3 is 31.2 Å². The van der Waals surface area contributed by atoms with E-state index in [9.17, 15) is 20.3 Å². The number of ether oxygens (including phenoxy) is 2. The van der Waals surface area contributed by atoms with Gasteiger partial charge in [0.25, 0.3) is 0 Å². The highest BCUT2D eigenvalue weighted by Crippen LogP contribution is 2.43. The minimum atomic E-state index is -2.60. The Hall–Kier alpha value is -2.59. The summed E-state index contributed by atoms with van der Waals surface area (Å²) in [5.74, 6) is -1.19. The normalized spacial score (nSPS) is 27.3. The first kappa shape index (κ1) is 23.1. The van der Waals surface area contributed by atoms with E-state index >= 15 is 0 Å². The summed E-state index contributed by atoms with van der Waals surface area (Å²) in [5.41, 5.74) is 9.59. The van der Waals surface area contributed by atoms with E-state index in [2.05, 4.69) is 10.1 Å². The Labute approximate surface area is 181 Å². The SMILES string of the molecule is [B]c1cc([C@]2(C#N)OC(C([B])([B])O)[C@@H](OC(=O)[C@@H](N)C(C)C)[C@H]2O)n2ncnc(N)c12. The van der Waals surface area contributed by atoms with Crippen LogP contribution in [-0.2, 0) is 19.9 Å². The number of hydrogen-bond donors (Lipinski definition) is 4. The van der Waals surface area contributed by atoms with Crippen molar-refractivity contribution in [3.05, 3.63) is 18.1 Å². The van der Waals surface area contributed by atoms with Crippen molar-refractivity contribution in [3.8, 4) is 6.07 Å². The lowest BCUT2D eigenvalue weighted by Gasteiger charge is -2.31. The van der Waals surface area contributed by atoms with Gasteiger partial charge >= 0.3 is 5.97 Å². The zero-order valence-electron chi connectivity index (χ0n) is 16.8. The summed E-state index contributed by atoms with van der Waals surface area (Å²) in [5, 5.41) is 32.7. The molecule has 31 heavy (non-hydrogen) atoms. The number of nitrogens with two attached hydrogens (primary N) is 2. The van der Waals surface area contributed by atoms with Gasteiger partial charge in [0.2, 0.25) is 5.60 Å². The van der Waals surface area contributed by atoms with Gasteiger partial charge in [0.1, 0.15) is 59.7 Å². The van der Waals surface area contributed by atoms with Crippen molar-refractivity contribution < 1.29 is 24.5 Å². The van der Waals surface area contributed by atoms with Gasteiger partial charge in [-0.05, 0) is 12.0 Å².